The molecule has 1 heterocycles. The van der Waals surface area contributed by atoms with E-state index in [-0.39, 0.29) is 5.91 Å². The van der Waals surface area contributed by atoms with E-state index in [0.29, 0.717) is 0 Å². The molecule has 1 N–H and O–H groups in total. The lowest BCUT2D eigenvalue weighted by Gasteiger charge is -2.02. The van der Waals surface area contributed by atoms with Crippen molar-refractivity contribution in [2.75, 3.05) is 11.6 Å². The van der Waals surface area contributed by atoms with Crippen LogP contribution in [0.5, 0.6) is 0 Å². The topological polar surface area (TPSA) is 42.0 Å². The molecule has 4 heteroatoms. The number of benzene rings is 1. The molecule has 0 aliphatic rings. The molecule has 0 aliphatic carbocycles. The van der Waals surface area contributed by atoms with Gasteiger partial charge in [0.05, 0.1) is 0 Å². The van der Waals surface area contributed by atoms with Gasteiger partial charge in [-0.05, 0) is 48.2 Å². The maximum atomic E-state index is 11.7. The molecule has 0 unspecified atom stereocenters. The number of rotatable bonds is 4. The van der Waals surface area contributed by atoms with E-state index in [0.717, 1.165) is 11.3 Å². The Morgan fingerprint density at radius 2 is 2.05 bits per heavy atom. The van der Waals surface area contributed by atoms with E-state index < -0.39 is 0 Å². The molecule has 1 aromatic carbocycles. The van der Waals surface area contributed by atoms with Gasteiger partial charge < -0.3 is 5.32 Å². The molecule has 0 bridgehead atoms. The van der Waals surface area contributed by atoms with Gasteiger partial charge in [0, 0.05) is 29.1 Å². The number of carbonyl (C=O) groups excluding carboxylic acids is 1. The van der Waals surface area contributed by atoms with Crippen LogP contribution in [0.1, 0.15) is 5.56 Å². The molecular formula is C15H14N2OS. The summed E-state index contributed by atoms with van der Waals surface area (Å²) in [6.07, 6.45) is 8.66. The van der Waals surface area contributed by atoms with E-state index in [1.807, 2.05) is 42.7 Å². The van der Waals surface area contributed by atoms with Crippen LogP contribution in [0.3, 0.4) is 0 Å². The van der Waals surface area contributed by atoms with Gasteiger partial charge in [0.25, 0.3) is 0 Å². The van der Waals surface area contributed by atoms with Crippen molar-refractivity contribution < 1.29 is 4.79 Å². The number of hydrogen-bond donors (Lipinski definition) is 1. The highest BCUT2D eigenvalue weighted by molar-refractivity contribution is 7.98. The Balaban J connectivity index is 1.95. The lowest BCUT2D eigenvalue weighted by Crippen LogP contribution is -2.07. The summed E-state index contributed by atoms with van der Waals surface area (Å²) in [6.45, 7) is 0. The van der Waals surface area contributed by atoms with Gasteiger partial charge in [-0.1, -0.05) is 6.07 Å². The fourth-order valence-corrected chi connectivity index (χ4v) is 1.91. The van der Waals surface area contributed by atoms with Crippen LogP contribution in [-0.2, 0) is 4.79 Å². The van der Waals surface area contributed by atoms with Crippen LogP contribution < -0.4 is 5.32 Å². The average molecular weight is 270 g/mol. The average Bonchev–Trinajstić information content (AvgIpc) is 2.47. The molecule has 19 heavy (non-hydrogen) atoms. The van der Waals surface area contributed by atoms with Gasteiger partial charge in [-0.2, -0.15) is 0 Å². The summed E-state index contributed by atoms with van der Waals surface area (Å²) in [5, 5.41) is 2.81. The minimum Gasteiger partial charge on any atom is -0.323 e. The number of carbonyl (C=O) groups is 1. The number of amides is 1. The number of nitrogens with one attached hydrogen (secondary N) is 1. The van der Waals surface area contributed by atoms with Gasteiger partial charge in [0.1, 0.15) is 0 Å². The summed E-state index contributed by atoms with van der Waals surface area (Å²) in [7, 11) is 0. The standard InChI is InChI=1S/C15H14N2OS/c1-19-14-7-5-13(6-8-14)17-15(18)9-4-12-3-2-10-16-11-12/h2-11H,1H3,(H,17,18)/b9-4+. The fourth-order valence-electron chi connectivity index (χ4n) is 1.50. The summed E-state index contributed by atoms with van der Waals surface area (Å²) in [5.41, 5.74) is 1.69. The number of anilines is 1. The molecule has 1 aromatic heterocycles. The minimum absolute atomic E-state index is 0.152. The Hall–Kier alpha value is -2.07. The first-order valence-corrected chi connectivity index (χ1v) is 7.03. The van der Waals surface area contributed by atoms with Crippen LogP contribution in [0.2, 0.25) is 0 Å². The van der Waals surface area contributed by atoms with Crippen LogP contribution >= 0.6 is 11.8 Å². The maximum Gasteiger partial charge on any atom is 0.248 e. The van der Waals surface area contributed by atoms with Crippen molar-refractivity contribution in [2.45, 2.75) is 4.90 Å². The minimum atomic E-state index is -0.152. The predicted octanol–water partition coefficient (Wildman–Crippen LogP) is 3.46. The largest absolute Gasteiger partial charge is 0.323 e. The van der Waals surface area contributed by atoms with Gasteiger partial charge in [0.15, 0.2) is 0 Å². The second kappa shape index (κ2) is 6.75. The molecule has 0 aliphatic heterocycles. The second-order valence-electron chi connectivity index (χ2n) is 3.84. The Morgan fingerprint density at radius 1 is 1.26 bits per heavy atom. The number of thioether (sulfide) groups is 1. The van der Waals surface area contributed by atoms with Crippen molar-refractivity contribution in [3.8, 4) is 0 Å². The second-order valence-corrected chi connectivity index (χ2v) is 4.72. The maximum absolute atomic E-state index is 11.7. The van der Waals surface area contributed by atoms with E-state index in [1.165, 1.54) is 11.0 Å². The van der Waals surface area contributed by atoms with Gasteiger partial charge in [-0.3, -0.25) is 9.78 Å². The third kappa shape index (κ3) is 4.26. The zero-order valence-electron chi connectivity index (χ0n) is 10.5. The molecule has 0 fully saturated rings. The van der Waals surface area contributed by atoms with Gasteiger partial charge in [-0.25, -0.2) is 0 Å². The fraction of sp³-hybridized carbons (Fsp3) is 0.0667. The first-order chi connectivity index (χ1) is 9.28. The number of pyridine rings is 1. The van der Waals surface area contributed by atoms with E-state index in [2.05, 4.69) is 10.3 Å². The smallest absolute Gasteiger partial charge is 0.248 e. The first kappa shape index (κ1) is 13.4. The molecule has 0 saturated carbocycles. The highest BCUT2D eigenvalue weighted by atomic mass is 32.2. The van der Waals surface area contributed by atoms with E-state index in [9.17, 15) is 4.79 Å². The van der Waals surface area contributed by atoms with Crippen LogP contribution in [0, 0.1) is 0 Å². The lowest BCUT2D eigenvalue weighted by atomic mass is 10.2. The van der Waals surface area contributed by atoms with Crippen molar-refractivity contribution >= 4 is 29.4 Å². The zero-order chi connectivity index (χ0) is 13.5. The Morgan fingerprint density at radius 3 is 2.68 bits per heavy atom. The lowest BCUT2D eigenvalue weighted by molar-refractivity contribution is -0.111. The molecule has 1 amide bonds. The summed E-state index contributed by atoms with van der Waals surface area (Å²) < 4.78 is 0. The summed E-state index contributed by atoms with van der Waals surface area (Å²) >= 11 is 1.67. The zero-order valence-corrected chi connectivity index (χ0v) is 11.4. The summed E-state index contributed by atoms with van der Waals surface area (Å²) in [5.74, 6) is -0.152. The van der Waals surface area contributed by atoms with Crippen molar-refractivity contribution in [1.82, 2.24) is 4.98 Å². The van der Waals surface area contributed by atoms with E-state index in [4.69, 9.17) is 0 Å². The molecule has 0 saturated heterocycles. The number of nitrogens with zero attached hydrogens (tertiary/aromatic N) is 1. The normalized spacial score (nSPS) is 10.6. The van der Waals surface area contributed by atoms with Crippen molar-refractivity contribution in [3.63, 3.8) is 0 Å². The number of hydrogen-bond acceptors (Lipinski definition) is 3. The Labute approximate surface area is 116 Å². The molecule has 0 spiro atoms. The summed E-state index contributed by atoms with van der Waals surface area (Å²) in [4.78, 5) is 16.9. The molecule has 0 atom stereocenters. The van der Waals surface area contributed by atoms with Crippen LogP contribution in [-0.4, -0.2) is 17.1 Å². The van der Waals surface area contributed by atoms with E-state index in [1.54, 1.807) is 30.2 Å². The van der Waals surface area contributed by atoms with Crippen LogP contribution in [0.25, 0.3) is 6.08 Å². The quantitative estimate of drug-likeness (QED) is 0.683. The highest BCUT2D eigenvalue weighted by Crippen LogP contribution is 2.17. The predicted molar refractivity (Wildman–Crippen MR) is 80.1 cm³/mol. The Kier molecular flexibility index (Phi) is 4.75. The summed E-state index contributed by atoms with van der Waals surface area (Å²) in [6, 6.07) is 11.5. The van der Waals surface area contributed by atoms with Crippen molar-refractivity contribution in [2.24, 2.45) is 0 Å². The van der Waals surface area contributed by atoms with E-state index >= 15 is 0 Å². The van der Waals surface area contributed by atoms with Crippen molar-refractivity contribution in [1.29, 1.82) is 0 Å². The molecule has 96 valence electrons. The van der Waals surface area contributed by atoms with Gasteiger partial charge in [-0.15, -0.1) is 11.8 Å². The van der Waals surface area contributed by atoms with Crippen molar-refractivity contribution in [3.05, 3.63) is 60.4 Å². The third-order valence-corrected chi connectivity index (χ3v) is 3.21. The molecule has 2 aromatic rings. The van der Waals surface area contributed by atoms with Crippen LogP contribution in [0.4, 0.5) is 5.69 Å². The molecular weight excluding hydrogens is 256 g/mol. The van der Waals surface area contributed by atoms with Gasteiger partial charge in [0.2, 0.25) is 5.91 Å². The monoisotopic (exact) mass is 270 g/mol. The van der Waals surface area contributed by atoms with Gasteiger partial charge >= 0.3 is 0 Å². The highest BCUT2D eigenvalue weighted by Gasteiger charge is 1.98. The molecule has 2 rings (SSSR count). The first-order valence-electron chi connectivity index (χ1n) is 5.81. The Bertz CT molecular complexity index is 564. The van der Waals surface area contributed by atoms with Crippen LogP contribution in [0.15, 0.2) is 59.8 Å². The SMILES string of the molecule is CSc1ccc(NC(=O)/C=C/c2cccnc2)cc1. The number of aromatic nitrogens is 1. The molecule has 0 radical (unpaired) electrons. The molecule has 3 nitrogen and oxygen atoms in total. The third-order valence-electron chi connectivity index (χ3n) is 2.47.